The van der Waals surface area contributed by atoms with Gasteiger partial charge < -0.3 is 10.8 Å². The Labute approximate surface area is 43.5 Å². The Balaban J connectivity index is 0. The Morgan fingerprint density at radius 3 is 1.80 bits per heavy atom. The van der Waals surface area contributed by atoms with Crippen LogP contribution < -0.4 is 5.73 Å². The molecule has 0 aromatic heterocycles. The minimum absolute atomic E-state index is 0. The number of hydrogen-bond acceptors (Lipinski definition) is 2. The van der Waals surface area contributed by atoms with Gasteiger partial charge in [-0.05, 0) is 0 Å². The molecule has 0 rings (SSSR count). The zero-order valence-corrected chi connectivity index (χ0v) is 3.44. The van der Waals surface area contributed by atoms with Gasteiger partial charge in [0.15, 0.2) is 0 Å². The minimum atomic E-state index is 0. The number of aliphatic hydroxyl groups excluding tert-OH is 1. The Morgan fingerprint density at radius 1 is 1.60 bits per heavy atom. The van der Waals surface area contributed by atoms with Crippen molar-refractivity contribution in [3.8, 4) is 0 Å². The summed E-state index contributed by atoms with van der Waals surface area (Å²) in [4.78, 5) is 0. The molecule has 0 unspecified atom stereocenters. The van der Waals surface area contributed by atoms with Gasteiger partial charge in [0.25, 0.3) is 0 Å². The molecule has 0 heterocycles. The number of rotatable bonds is 1. The normalized spacial score (nSPS) is 6.00. The summed E-state index contributed by atoms with van der Waals surface area (Å²) >= 11 is 0. The summed E-state index contributed by atoms with van der Waals surface area (Å²) in [7, 11) is 0. The summed E-state index contributed by atoms with van der Waals surface area (Å²) in [6.07, 6.45) is 0. The Hall–Kier alpha value is 0.517. The van der Waals surface area contributed by atoms with Crippen LogP contribution in [0.3, 0.4) is 0 Å². The SMILES string of the molecule is NCCO.[Li]. The molecule has 1 radical (unpaired) electrons. The predicted molar refractivity (Wildman–Crippen MR) is 21.9 cm³/mol. The average molecular weight is 68.0 g/mol. The van der Waals surface area contributed by atoms with E-state index in [9.17, 15) is 0 Å². The number of hydrogen-bond donors (Lipinski definition) is 2. The van der Waals surface area contributed by atoms with Crippen molar-refractivity contribution in [3.05, 3.63) is 0 Å². The molecule has 0 spiro atoms. The molecule has 0 aliphatic rings. The first kappa shape index (κ1) is 9.10. The van der Waals surface area contributed by atoms with Crippen LogP contribution in [0.4, 0.5) is 0 Å². The van der Waals surface area contributed by atoms with Gasteiger partial charge in [-0.15, -0.1) is 0 Å². The van der Waals surface area contributed by atoms with E-state index < -0.39 is 0 Å². The first-order chi connectivity index (χ1) is 1.91. The van der Waals surface area contributed by atoms with E-state index in [0.29, 0.717) is 6.54 Å². The fourth-order valence-corrected chi connectivity index (χ4v) is 0. The first-order valence-corrected chi connectivity index (χ1v) is 1.22. The smallest absolute Gasteiger partial charge is 0.0553 e. The second-order valence-corrected chi connectivity index (χ2v) is 0.512. The second kappa shape index (κ2) is 8.82. The molecule has 0 saturated heterocycles. The van der Waals surface area contributed by atoms with Crippen molar-refractivity contribution in [2.45, 2.75) is 0 Å². The third kappa shape index (κ3) is 12.4. The van der Waals surface area contributed by atoms with Gasteiger partial charge in [0.05, 0.1) is 6.61 Å². The fraction of sp³-hybridized carbons (Fsp3) is 1.00. The van der Waals surface area contributed by atoms with Gasteiger partial charge in [-0.2, -0.15) is 0 Å². The van der Waals surface area contributed by atoms with Gasteiger partial charge in [-0.3, -0.25) is 0 Å². The van der Waals surface area contributed by atoms with E-state index in [0.717, 1.165) is 0 Å². The van der Waals surface area contributed by atoms with Gasteiger partial charge in [0.1, 0.15) is 0 Å². The van der Waals surface area contributed by atoms with Crippen molar-refractivity contribution < 1.29 is 5.11 Å². The molecular formula is C2H7LiNO. The molecule has 5 heavy (non-hydrogen) atoms. The summed E-state index contributed by atoms with van der Waals surface area (Å²) < 4.78 is 0. The van der Waals surface area contributed by atoms with Crippen molar-refractivity contribution >= 4 is 18.9 Å². The zero-order chi connectivity index (χ0) is 3.41. The molecule has 0 aliphatic heterocycles. The van der Waals surface area contributed by atoms with Crippen molar-refractivity contribution in [1.82, 2.24) is 0 Å². The molecule has 0 fully saturated rings. The maximum Gasteiger partial charge on any atom is 0.0553 e. The monoisotopic (exact) mass is 68.1 g/mol. The Kier molecular flexibility index (Phi) is 16.1. The van der Waals surface area contributed by atoms with E-state index >= 15 is 0 Å². The summed E-state index contributed by atoms with van der Waals surface area (Å²) in [5, 5.41) is 7.75. The van der Waals surface area contributed by atoms with Crippen LogP contribution in [0, 0.1) is 0 Å². The summed E-state index contributed by atoms with van der Waals surface area (Å²) in [5.74, 6) is 0. The van der Waals surface area contributed by atoms with Crippen molar-refractivity contribution in [3.63, 3.8) is 0 Å². The van der Waals surface area contributed by atoms with Gasteiger partial charge >= 0.3 is 0 Å². The molecule has 0 atom stereocenters. The van der Waals surface area contributed by atoms with E-state index in [1.807, 2.05) is 0 Å². The second-order valence-electron chi connectivity index (χ2n) is 0.512. The molecule has 2 nitrogen and oxygen atoms in total. The maximum absolute atomic E-state index is 7.75. The van der Waals surface area contributed by atoms with Gasteiger partial charge in [0, 0.05) is 25.4 Å². The summed E-state index contributed by atoms with van der Waals surface area (Å²) in [6.45, 7) is 0.472. The molecule has 0 saturated carbocycles. The quantitative estimate of drug-likeness (QED) is 0.369. The van der Waals surface area contributed by atoms with Crippen LogP contribution in [-0.2, 0) is 0 Å². The number of nitrogens with two attached hydrogens (primary N) is 1. The van der Waals surface area contributed by atoms with Crippen LogP contribution in [0.15, 0.2) is 0 Å². The molecule has 3 N–H and O–H groups in total. The average Bonchev–Trinajstić information content (AvgIpc) is 1.37. The van der Waals surface area contributed by atoms with Crippen LogP contribution in [-0.4, -0.2) is 37.1 Å². The third-order valence-corrected chi connectivity index (χ3v) is 0.129. The van der Waals surface area contributed by atoms with E-state index in [-0.39, 0.29) is 25.5 Å². The van der Waals surface area contributed by atoms with Crippen LogP contribution in [0.5, 0.6) is 0 Å². The van der Waals surface area contributed by atoms with Crippen molar-refractivity contribution in [1.29, 1.82) is 0 Å². The Bertz CT molecular complexity index is 11.6. The molecule has 0 amide bonds. The topological polar surface area (TPSA) is 46.2 Å². The fourth-order valence-electron chi connectivity index (χ4n) is 0. The minimum Gasteiger partial charge on any atom is -0.395 e. The molecule has 0 aromatic rings. The number of aliphatic hydroxyl groups is 1. The molecule has 3 heteroatoms. The Morgan fingerprint density at radius 2 is 1.80 bits per heavy atom. The maximum atomic E-state index is 7.75. The first-order valence-electron chi connectivity index (χ1n) is 1.22. The predicted octanol–water partition coefficient (Wildman–Crippen LogP) is -1.44. The van der Waals surface area contributed by atoms with E-state index in [1.165, 1.54) is 0 Å². The largest absolute Gasteiger partial charge is 0.395 e. The van der Waals surface area contributed by atoms with Crippen LogP contribution in [0.25, 0.3) is 0 Å². The molecule has 0 bridgehead atoms. The van der Waals surface area contributed by atoms with E-state index in [1.54, 1.807) is 0 Å². The van der Waals surface area contributed by atoms with Crippen LogP contribution in [0.1, 0.15) is 0 Å². The van der Waals surface area contributed by atoms with Crippen LogP contribution in [0.2, 0.25) is 0 Å². The standard InChI is InChI=1S/C2H7NO.Li/c3-1-2-4;/h4H,1-3H2;. The van der Waals surface area contributed by atoms with E-state index in [4.69, 9.17) is 10.8 Å². The molecule has 0 aliphatic carbocycles. The van der Waals surface area contributed by atoms with Gasteiger partial charge in [-0.1, -0.05) is 0 Å². The third-order valence-electron chi connectivity index (χ3n) is 0.129. The van der Waals surface area contributed by atoms with Crippen molar-refractivity contribution in [2.75, 3.05) is 13.2 Å². The molecular weight excluding hydrogens is 61.0 g/mol. The summed E-state index contributed by atoms with van der Waals surface area (Å²) in [6, 6.07) is 0. The molecule has 27 valence electrons. The molecule has 0 aromatic carbocycles. The van der Waals surface area contributed by atoms with Gasteiger partial charge in [-0.25, -0.2) is 0 Å². The van der Waals surface area contributed by atoms with E-state index in [2.05, 4.69) is 0 Å². The summed E-state index contributed by atoms with van der Waals surface area (Å²) in [5.41, 5.74) is 4.78. The van der Waals surface area contributed by atoms with Gasteiger partial charge in [0.2, 0.25) is 0 Å². The van der Waals surface area contributed by atoms with Crippen molar-refractivity contribution in [2.24, 2.45) is 5.73 Å². The zero-order valence-electron chi connectivity index (χ0n) is 3.44. The van der Waals surface area contributed by atoms with Crippen LogP contribution >= 0.6 is 0 Å².